The molecule has 2 N–H and O–H groups in total. The van der Waals surface area contributed by atoms with Gasteiger partial charge in [-0.3, -0.25) is 4.79 Å². The van der Waals surface area contributed by atoms with Crippen molar-refractivity contribution in [3.05, 3.63) is 0 Å². The Morgan fingerprint density at radius 1 is 1.15 bits per heavy atom. The molecule has 2 saturated carbocycles. The number of nitrogens with one attached hydrogen (secondary N) is 1. The highest BCUT2D eigenvalue weighted by Gasteiger charge is 2.64. The van der Waals surface area contributed by atoms with Gasteiger partial charge >= 0.3 is 0 Å². The lowest BCUT2D eigenvalue weighted by atomic mass is 9.80. The lowest BCUT2D eigenvalue weighted by Crippen LogP contribution is -2.40. The molecule has 0 saturated heterocycles. The van der Waals surface area contributed by atoms with Crippen LogP contribution in [0, 0.1) is 22.7 Å². The maximum absolute atomic E-state index is 12.0. The molecule has 116 valence electrons. The summed E-state index contributed by atoms with van der Waals surface area (Å²) in [6.07, 6.45) is 4.49. The number of carbonyl (C=O) groups is 1. The second-order valence-corrected chi connectivity index (χ2v) is 8.30. The molecule has 0 aromatic carbocycles. The molecule has 2 unspecified atom stereocenters. The Bertz CT molecular complexity index is 351. The van der Waals surface area contributed by atoms with Crippen molar-refractivity contribution >= 4 is 5.91 Å². The fourth-order valence-corrected chi connectivity index (χ4v) is 4.55. The van der Waals surface area contributed by atoms with Crippen molar-refractivity contribution < 1.29 is 9.90 Å². The summed E-state index contributed by atoms with van der Waals surface area (Å²) < 4.78 is 0. The molecule has 20 heavy (non-hydrogen) atoms. The van der Waals surface area contributed by atoms with E-state index in [1.54, 1.807) is 0 Å². The molecule has 1 amide bonds. The molecular formula is C17H31NO2. The van der Waals surface area contributed by atoms with Crippen LogP contribution in [0.15, 0.2) is 0 Å². The zero-order valence-electron chi connectivity index (χ0n) is 13.7. The van der Waals surface area contributed by atoms with Gasteiger partial charge in [-0.05, 0) is 41.9 Å². The Kier molecular flexibility index (Phi) is 4.21. The Morgan fingerprint density at radius 3 is 2.10 bits per heavy atom. The zero-order chi connectivity index (χ0) is 15.1. The van der Waals surface area contributed by atoms with Crippen LogP contribution in [-0.4, -0.2) is 23.2 Å². The van der Waals surface area contributed by atoms with Crippen molar-refractivity contribution in [1.29, 1.82) is 0 Å². The highest BCUT2D eigenvalue weighted by molar-refractivity contribution is 5.76. The first kappa shape index (κ1) is 15.8. The molecule has 2 aliphatic carbocycles. The molecule has 0 aromatic heterocycles. The number of hydrogen-bond donors (Lipinski definition) is 2. The second kappa shape index (κ2) is 5.32. The van der Waals surface area contributed by atoms with Crippen LogP contribution < -0.4 is 5.32 Å². The van der Waals surface area contributed by atoms with Crippen LogP contribution in [0.1, 0.15) is 66.7 Å². The predicted octanol–water partition coefficient (Wildman–Crippen LogP) is 3.11. The molecule has 2 aliphatic rings. The molecule has 0 bridgehead atoms. The first-order chi connectivity index (χ1) is 9.19. The molecule has 3 heteroatoms. The maximum atomic E-state index is 12.0. The van der Waals surface area contributed by atoms with E-state index in [0.29, 0.717) is 18.3 Å². The third-order valence-corrected chi connectivity index (χ3v) is 5.45. The van der Waals surface area contributed by atoms with Gasteiger partial charge in [0.05, 0.1) is 6.10 Å². The van der Waals surface area contributed by atoms with Gasteiger partial charge in [0, 0.05) is 12.5 Å². The summed E-state index contributed by atoms with van der Waals surface area (Å²) in [6.45, 7) is 11.1. The number of hydrogen-bond acceptors (Lipinski definition) is 2. The van der Waals surface area contributed by atoms with E-state index < -0.39 is 0 Å². The van der Waals surface area contributed by atoms with Crippen molar-refractivity contribution in [2.45, 2.75) is 78.9 Å². The van der Waals surface area contributed by atoms with E-state index in [4.69, 9.17) is 0 Å². The predicted molar refractivity (Wildman–Crippen MR) is 81.2 cm³/mol. The lowest BCUT2D eigenvalue weighted by Gasteiger charge is -2.31. The number of aliphatic hydroxyl groups excluding tert-OH is 1. The Hall–Kier alpha value is -0.570. The van der Waals surface area contributed by atoms with Crippen LogP contribution >= 0.6 is 0 Å². The topological polar surface area (TPSA) is 49.3 Å². The maximum Gasteiger partial charge on any atom is 0.220 e. The summed E-state index contributed by atoms with van der Waals surface area (Å²) in [5.74, 6) is 0.990. The molecular weight excluding hydrogens is 250 g/mol. The van der Waals surface area contributed by atoms with Crippen molar-refractivity contribution in [2.75, 3.05) is 0 Å². The van der Waals surface area contributed by atoms with Crippen LogP contribution in [0.4, 0.5) is 0 Å². The van der Waals surface area contributed by atoms with E-state index in [2.05, 4.69) is 39.9 Å². The van der Waals surface area contributed by atoms with Crippen molar-refractivity contribution in [2.24, 2.45) is 22.7 Å². The molecule has 0 radical (unpaired) electrons. The average molecular weight is 281 g/mol. The van der Waals surface area contributed by atoms with Gasteiger partial charge in [-0.1, -0.05) is 41.0 Å². The summed E-state index contributed by atoms with van der Waals surface area (Å²) in [6, 6.07) is 0.254. The van der Waals surface area contributed by atoms with Gasteiger partial charge in [-0.25, -0.2) is 0 Å². The zero-order valence-corrected chi connectivity index (χ0v) is 13.7. The van der Waals surface area contributed by atoms with E-state index in [1.807, 2.05) is 0 Å². The minimum Gasteiger partial charge on any atom is -0.392 e. The normalized spacial score (nSPS) is 37.7. The number of aliphatic hydroxyl groups is 1. The van der Waals surface area contributed by atoms with E-state index in [1.165, 1.54) is 0 Å². The number of carbonyl (C=O) groups excluding carboxylic acids is 1. The van der Waals surface area contributed by atoms with Crippen molar-refractivity contribution in [3.8, 4) is 0 Å². The molecule has 0 heterocycles. The molecule has 2 fully saturated rings. The van der Waals surface area contributed by atoms with E-state index in [0.717, 1.165) is 25.7 Å². The molecule has 0 aliphatic heterocycles. The van der Waals surface area contributed by atoms with Gasteiger partial charge in [0.15, 0.2) is 0 Å². The monoisotopic (exact) mass is 281 g/mol. The first-order valence-corrected chi connectivity index (χ1v) is 8.16. The Labute approximate surface area is 123 Å². The van der Waals surface area contributed by atoms with Gasteiger partial charge in [-0.2, -0.15) is 0 Å². The van der Waals surface area contributed by atoms with Gasteiger partial charge in [0.2, 0.25) is 5.91 Å². The lowest BCUT2D eigenvalue weighted by molar-refractivity contribution is -0.122. The van der Waals surface area contributed by atoms with Crippen LogP contribution in [0.2, 0.25) is 0 Å². The molecule has 3 nitrogen and oxygen atoms in total. The van der Waals surface area contributed by atoms with Crippen molar-refractivity contribution in [3.63, 3.8) is 0 Å². The van der Waals surface area contributed by atoms with Crippen LogP contribution in [0.25, 0.3) is 0 Å². The van der Waals surface area contributed by atoms with Gasteiger partial charge < -0.3 is 10.4 Å². The molecule has 2 atom stereocenters. The first-order valence-electron chi connectivity index (χ1n) is 8.16. The van der Waals surface area contributed by atoms with Crippen LogP contribution in [-0.2, 0) is 4.79 Å². The summed E-state index contributed by atoms with van der Waals surface area (Å²) in [5, 5.41) is 13.5. The number of amides is 1. The molecule has 0 spiro atoms. The summed E-state index contributed by atoms with van der Waals surface area (Å²) >= 11 is 0. The number of unbranched alkanes of at least 4 members (excludes halogenated alkanes) is 1. The summed E-state index contributed by atoms with van der Waals surface area (Å²) in [4.78, 5) is 12.0. The average Bonchev–Trinajstić information content (AvgIpc) is 2.99. The van der Waals surface area contributed by atoms with E-state index in [-0.39, 0.29) is 28.9 Å². The molecule has 2 rings (SSSR count). The van der Waals surface area contributed by atoms with Gasteiger partial charge in [0.1, 0.15) is 0 Å². The van der Waals surface area contributed by atoms with Gasteiger partial charge in [0.25, 0.3) is 0 Å². The smallest absolute Gasteiger partial charge is 0.220 e. The largest absolute Gasteiger partial charge is 0.392 e. The minimum absolute atomic E-state index is 0.112. The quantitative estimate of drug-likeness (QED) is 0.832. The number of fused-ring (bicyclic) bond motifs is 1. The molecule has 0 aromatic rings. The van der Waals surface area contributed by atoms with E-state index >= 15 is 0 Å². The Balaban J connectivity index is 2.03. The van der Waals surface area contributed by atoms with Crippen LogP contribution in [0.3, 0.4) is 0 Å². The second-order valence-electron chi connectivity index (χ2n) is 8.30. The van der Waals surface area contributed by atoms with E-state index in [9.17, 15) is 9.90 Å². The third kappa shape index (κ3) is 3.03. The highest BCUT2D eigenvalue weighted by Crippen LogP contribution is 2.63. The standard InChI is InChI=1S/C17H31NO2/c1-6-7-8-12(19)18-11-9-16(2,3)13-14(15(13)20)17(4,5)10-11/h11,13-15,20H,6-10H2,1-5H3,(H,18,19). The Morgan fingerprint density at radius 2 is 1.65 bits per heavy atom. The third-order valence-electron chi connectivity index (χ3n) is 5.45. The summed E-state index contributed by atoms with van der Waals surface area (Å²) in [5.41, 5.74) is 0.223. The van der Waals surface area contributed by atoms with Crippen LogP contribution in [0.5, 0.6) is 0 Å². The van der Waals surface area contributed by atoms with Crippen molar-refractivity contribution in [1.82, 2.24) is 5.32 Å². The fraction of sp³-hybridized carbons (Fsp3) is 0.941. The van der Waals surface area contributed by atoms with Gasteiger partial charge in [-0.15, -0.1) is 0 Å². The SMILES string of the molecule is CCCCC(=O)NC1CC(C)(C)C2C(O)C2C(C)(C)C1. The number of rotatable bonds is 4. The summed E-state index contributed by atoms with van der Waals surface area (Å²) in [7, 11) is 0. The minimum atomic E-state index is -0.142. The fourth-order valence-electron chi connectivity index (χ4n) is 4.55. The highest BCUT2D eigenvalue weighted by atomic mass is 16.3.